The van der Waals surface area contributed by atoms with Crippen molar-refractivity contribution in [3.8, 4) is 0 Å². The van der Waals surface area contributed by atoms with Gasteiger partial charge in [0, 0.05) is 31.0 Å². The molecule has 0 aliphatic carbocycles. The van der Waals surface area contributed by atoms with Gasteiger partial charge >= 0.3 is 0 Å². The summed E-state index contributed by atoms with van der Waals surface area (Å²) in [6.45, 7) is 4.07. The summed E-state index contributed by atoms with van der Waals surface area (Å²) in [5.74, 6) is -0.411. The molecule has 0 saturated carbocycles. The Bertz CT molecular complexity index is 407. The summed E-state index contributed by atoms with van der Waals surface area (Å²) in [7, 11) is 0. The van der Waals surface area contributed by atoms with E-state index in [2.05, 4.69) is 10.4 Å². The number of carbonyl (C=O) groups excluding carboxylic acids is 2. The second kappa shape index (κ2) is 4.08. The van der Waals surface area contributed by atoms with Gasteiger partial charge in [-0.3, -0.25) is 19.6 Å². The van der Waals surface area contributed by atoms with Gasteiger partial charge < -0.3 is 0 Å². The second-order valence-corrected chi connectivity index (χ2v) is 4.42. The largest absolute Gasteiger partial charge is 0.296 e. The van der Waals surface area contributed by atoms with Gasteiger partial charge in [0.05, 0.1) is 6.20 Å². The fraction of sp³-hybridized carbons (Fsp3) is 0.545. The predicted octanol–water partition coefficient (Wildman–Crippen LogP) is 0.984. The molecule has 2 rings (SSSR count). The molecule has 86 valence electrons. The number of aromatic nitrogens is 2. The number of nitrogens with one attached hydrogen (secondary N) is 1. The van der Waals surface area contributed by atoms with Crippen molar-refractivity contribution in [2.45, 2.75) is 38.6 Å². The fourth-order valence-electron chi connectivity index (χ4n) is 1.86. The summed E-state index contributed by atoms with van der Waals surface area (Å²) in [6.07, 6.45) is 4.41. The molecule has 2 heterocycles. The van der Waals surface area contributed by atoms with Gasteiger partial charge in [-0.1, -0.05) is 0 Å². The average Bonchev–Trinajstić information content (AvgIpc) is 2.64. The predicted molar refractivity (Wildman–Crippen MR) is 57.7 cm³/mol. The Kier molecular flexibility index (Phi) is 2.77. The first-order chi connectivity index (χ1) is 7.56. The quantitative estimate of drug-likeness (QED) is 0.757. The maximum Gasteiger partial charge on any atom is 0.227 e. The zero-order valence-electron chi connectivity index (χ0n) is 9.43. The lowest BCUT2D eigenvalue weighted by atomic mass is 9.92. The molecular weight excluding hydrogens is 206 g/mol. The van der Waals surface area contributed by atoms with Gasteiger partial charge in [0.2, 0.25) is 11.8 Å². The van der Waals surface area contributed by atoms with E-state index in [1.807, 2.05) is 24.7 Å². The molecule has 16 heavy (non-hydrogen) atoms. The Morgan fingerprint density at radius 1 is 1.38 bits per heavy atom. The normalized spacial score (nSPS) is 17.9. The van der Waals surface area contributed by atoms with Crippen LogP contribution >= 0.6 is 0 Å². The first-order valence-corrected chi connectivity index (χ1v) is 5.43. The fourth-order valence-corrected chi connectivity index (χ4v) is 1.86. The van der Waals surface area contributed by atoms with Crippen molar-refractivity contribution in [2.24, 2.45) is 0 Å². The van der Waals surface area contributed by atoms with Crippen LogP contribution in [0.5, 0.6) is 0 Å². The summed E-state index contributed by atoms with van der Waals surface area (Å²) in [6, 6.07) is 0.293. The number of hydrogen-bond acceptors (Lipinski definition) is 3. The molecule has 0 unspecified atom stereocenters. The third-order valence-corrected chi connectivity index (χ3v) is 2.76. The van der Waals surface area contributed by atoms with Crippen molar-refractivity contribution in [3.05, 3.63) is 18.0 Å². The van der Waals surface area contributed by atoms with Crippen LogP contribution in [0.3, 0.4) is 0 Å². The van der Waals surface area contributed by atoms with Gasteiger partial charge in [0.15, 0.2) is 0 Å². The Balaban J connectivity index is 2.16. The standard InChI is InChI=1S/C11H15N3O2/c1-7(2)14-6-9(5-12-14)8-3-10(15)13-11(16)4-8/h5-8H,3-4H2,1-2H3,(H,13,15,16). The molecule has 0 radical (unpaired) electrons. The maximum absolute atomic E-state index is 11.2. The molecule has 1 aliphatic rings. The van der Waals surface area contributed by atoms with E-state index in [1.165, 1.54) is 0 Å². The number of rotatable bonds is 2. The van der Waals surface area contributed by atoms with Gasteiger partial charge in [-0.05, 0) is 19.4 Å². The van der Waals surface area contributed by atoms with Crippen LogP contribution in [0.4, 0.5) is 0 Å². The highest BCUT2D eigenvalue weighted by Gasteiger charge is 2.27. The van der Waals surface area contributed by atoms with Crippen LogP contribution in [0.2, 0.25) is 0 Å². The minimum absolute atomic E-state index is 0.0197. The number of piperidine rings is 1. The molecule has 0 bridgehead atoms. The third-order valence-electron chi connectivity index (χ3n) is 2.76. The summed E-state index contributed by atoms with van der Waals surface area (Å²) in [5.41, 5.74) is 0.969. The topological polar surface area (TPSA) is 64.0 Å². The van der Waals surface area contributed by atoms with E-state index in [1.54, 1.807) is 6.20 Å². The zero-order valence-corrected chi connectivity index (χ0v) is 9.43. The van der Waals surface area contributed by atoms with E-state index in [0.717, 1.165) is 5.56 Å². The van der Waals surface area contributed by atoms with E-state index in [0.29, 0.717) is 18.9 Å². The number of hydrogen-bond donors (Lipinski definition) is 1. The Hall–Kier alpha value is -1.65. The molecule has 5 heteroatoms. The summed E-state index contributed by atoms with van der Waals surface area (Å²) < 4.78 is 1.84. The Morgan fingerprint density at radius 3 is 2.50 bits per heavy atom. The number of nitrogens with zero attached hydrogens (tertiary/aromatic N) is 2. The molecule has 1 N–H and O–H groups in total. The van der Waals surface area contributed by atoms with E-state index in [-0.39, 0.29) is 17.7 Å². The lowest BCUT2D eigenvalue weighted by Crippen LogP contribution is -2.37. The first kappa shape index (κ1) is 10.9. The minimum atomic E-state index is -0.196. The lowest BCUT2D eigenvalue weighted by Gasteiger charge is -2.19. The molecule has 5 nitrogen and oxygen atoms in total. The highest BCUT2D eigenvalue weighted by molar-refractivity contribution is 5.98. The van der Waals surface area contributed by atoms with Crippen LogP contribution in [-0.4, -0.2) is 21.6 Å². The number of amides is 2. The van der Waals surface area contributed by atoms with Crippen molar-refractivity contribution in [1.82, 2.24) is 15.1 Å². The van der Waals surface area contributed by atoms with E-state index >= 15 is 0 Å². The van der Waals surface area contributed by atoms with Gasteiger partial charge in [-0.15, -0.1) is 0 Å². The highest BCUT2D eigenvalue weighted by atomic mass is 16.2. The van der Waals surface area contributed by atoms with E-state index < -0.39 is 0 Å². The molecule has 1 saturated heterocycles. The molecule has 1 aromatic rings. The van der Waals surface area contributed by atoms with E-state index in [4.69, 9.17) is 0 Å². The van der Waals surface area contributed by atoms with Crippen molar-refractivity contribution < 1.29 is 9.59 Å². The third kappa shape index (κ3) is 2.13. The van der Waals surface area contributed by atoms with E-state index in [9.17, 15) is 9.59 Å². The van der Waals surface area contributed by atoms with Gasteiger partial charge in [-0.2, -0.15) is 5.10 Å². The minimum Gasteiger partial charge on any atom is -0.296 e. The van der Waals surface area contributed by atoms with Crippen LogP contribution in [0, 0.1) is 0 Å². The van der Waals surface area contributed by atoms with Crippen LogP contribution in [0.1, 0.15) is 44.2 Å². The van der Waals surface area contributed by atoms with Crippen molar-refractivity contribution >= 4 is 11.8 Å². The lowest BCUT2D eigenvalue weighted by molar-refractivity contribution is -0.133. The van der Waals surface area contributed by atoms with Crippen LogP contribution in [0.15, 0.2) is 12.4 Å². The molecule has 2 amide bonds. The van der Waals surface area contributed by atoms with Crippen LogP contribution in [0.25, 0.3) is 0 Å². The van der Waals surface area contributed by atoms with Crippen molar-refractivity contribution in [3.63, 3.8) is 0 Å². The highest BCUT2D eigenvalue weighted by Crippen LogP contribution is 2.26. The van der Waals surface area contributed by atoms with Crippen molar-refractivity contribution in [2.75, 3.05) is 0 Å². The SMILES string of the molecule is CC(C)n1cc(C2CC(=O)NC(=O)C2)cn1. The molecule has 1 fully saturated rings. The van der Waals surface area contributed by atoms with Crippen molar-refractivity contribution in [1.29, 1.82) is 0 Å². The smallest absolute Gasteiger partial charge is 0.227 e. The molecule has 0 atom stereocenters. The molecular formula is C11H15N3O2. The summed E-state index contributed by atoms with van der Waals surface area (Å²) in [4.78, 5) is 22.5. The Labute approximate surface area is 93.8 Å². The molecule has 1 aromatic heterocycles. The molecule has 1 aliphatic heterocycles. The Morgan fingerprint density at radius 2 is 2.00 bits per heavy atom. The summed E-state index contributed by atoms with van der Waals surface area (Å²) >= 11 is 0. The monoisotopic (exact) mass is 221 g/mol. The second-order valence-electron chi connectivity index (χ2n) is 4.42. The van der Waals surface area contributed by atoms with Gasteiger partial charge in [0.1, 0.15) is 0 Å². The first-order valence-electron chi connectivity index (χ1n) is 5.43. The summed E-state index contributed by atoms with van der Waals surface area (Å²) in [5, 5.41) is 6.52. The average molecular weight is 221 g/mol. The van der Waals surface area contributed by atoms with Gasteiger partial charge in [-0.25, -0.2) is 0 Å². The molecule has 0 aromatic carbocycles. The van der Waals surface area contributed by atoms with Gasteiger partial charge in [0.25, 0.3) is 0 Å². The number of imide groups is 1. The zero-order chi connectivity index (χ0) is 11.7. The molecule has 0 spiro atoms. The van der Waals surface area contributed by atoms with Crippen LogP contribution in [-0.2, 0) is 9.59 Å². The number of carbonyl (C=O) groups is 2. The van der Waals surface area contributed by atoms with Crippen LogP contribution < -0.4 is 5.32 Å². The maximum atomic E-state index is 11.2.